The number of benzene rings is 2. The highest BCUT2D eigenvalue weighted by atomic mass is 32.2. The smallest absolute Gasteiger partial charge is 0.244 e. The molecular formula is C18H18N2O3S. The number of hydrazone groups is 1. The van der Waals surface area contributed by atoms with Crippen molar-refractivity contribution in [2.24, 2.45) is 11.0 Å². The van der Waals surface area contributed by atoms with E-state index in [2.05, 4.69) is 10.5 Å². The van der Waals surface area contributed by atoms with E-state index in [9.17, 15) is 13.2 Å². The van der Waals surface area contributed by atoms with Crippen molar-refractivity contribution in [1.29, 1.82) is 0 Å². The highest BCUT2D eigenvalue weighted by Crippen LogP contribution is 2.19. The third kappa shape index (κ3) is 4.08. The van der Waals surface area contributed by atoms with Crippen LogP contribution in [0.1, 0.15) is 12.0 Å². The first-order valence-electron chi connectivity index (χ1n) is 7.72. The summed E-state index contributed by atoms with van der Waals surface area (Å²) in [6.07, 6.45) is 1.92. The van der Waals surface area contributed by atoms with Gasteiger partial charge in [-0.15, -0.1) is 0 Å². The number of nitrogens with zero attached hydrogens (tertiary/aromatic N) is 1. The second-order valence-corrected chi connectivity index (χ2v) is 8.05. The van der Waals surface area contributed by atoms with Crippen LogP contribution in [0.15, 0.2) is 59.7 Å². The van der Waals surface area contributed by atoms with Gasteiger partial charge in [0.25, 0.3) is 0 Å². The number of hydrogen-bond acceptors (Lipinski definition) is 4. The maximum absolute atomic E-state index is 11.9. The van der Waals surface area contributed by atoms with Gasteiger partial charge < -0.3 is 0 Å². The molecule has 1 heterocycles. The van der Waals surface area contributed by atoms with Crippen molar-refractivity contribution in [2.45, 2.75) is 6.42 Å². The average Bonchev–Trinajstić information content (AvgIpc) is 2.96. The van der Waals surface area contributed by atoms with Crippen molar-refractivity contribution in [3.8, 4) is 11.1 Å². The summed E-state index contributed by atoms with van der Waals surface area (Å²) < 4.78 is 22.7. The lowest BCUT2D eigenvalue weighted by Gasteiger charge is -2.05. The van der Waals surface area contributed by atoms with Gasteiger partial charge in [0.1, 0.15) is 0 Å². The SMILES string of the molecule is O=C(N/N=C\c1ccc(-c2ccccc2)cc1)[C@@H]1CCS(=O)(=O)C1. The molecule has 0 radical (unpaired) electrons. The van der Waals surface area contributed by atoms with Crippen LogP contribution in [0.25, 0.3) is 11.1 Å². The van der Waals surface area contributed by atoms with Gasteiger partial charge in [0.2, 0.25) is 5.91 Å². The lowest BCUT2D eigenvalue weighted by molar-refractivity contribution is -0.124. The molecule has 1 aliphatic rings. The van der Waals surface area contributed by atoms with E-state index in [0.29, 0.717) is 6.42 Å². The molecule has 0 spiro atoms. The Morgan fingerprint density at radius 1 is 1.04 bits per heavy atom. The van der Waals surface area contributed by atoms with E-state index in [-0.39, 0.29) is 17.4 Å². The normalized spacial score (nSPS) is 19.4. The van der Waals surface area contributed by atoms with Crippen LogP contribution in [-0.2, 0) is 14.6 Å². The van der Waals surface area contributed by atoms with Crippen LogP contribution in [-0.4, -0.2) is 32.0 Å². The molecule has 0 unspecified atom stereocenters. The number of carbonyl (C=O) groups is 1. The summed E-state index contributed by atoms with van der Waals surface area (Å²) in [5, 5.41) is 3.92. The summed E-state index contributed by atoms with van der Waals surface area (Å²) >= 11 is 0. The van der Waals surface area contributed by atoms with Crippen molar-refractivity contribution < 1.29 is 13.2 Å². The van der Waals surface area contributed by atoms with Gasteiger partial charge in [-0.1, -0.05) is 54.6 Å². The summed E-state index contributed by atoms with van der Waals surface area (Å²) in [5.41, 5.74) is 5.52. The predicted octanol–water partition coefficient (Wildman–Crippen LogP) is 2.24. The zero-order valence-corrected chi connectivity index (χ0v) is 13.9. The molecule has 5 nitrogen and oxygen atoms in total. The summed E-state index contributed by atoms with van der Waals surface area (Å²) in [7, 11) is -3.06. The Hall–Kier alpha value is -2.47. The van der Waals surface area contributed by atoms with Gasteiger partial charge in [0.15, 0.2) is 9.84 Å². The van der Waals surface area contributed by atoms with E-state index >= 15 is 0 Å². The van der Waals surface area contributed by atoms with Gasteiger partial charge in [-0.2, -0.15) is 5.10 Å². The molecule has 2 aromatic rings. The first kappa shape index (κ1) is 16.4. The lowest BCUT2D eigenvalue weighted by atomic mass is 10.0. The Labute approximate surface area is 141 Å². The second kappa shape index (κ2) is 6.97. The van der Waals surface area contributed by atoms with Crippen molar-refractivity contribution in [2.75, 3.05) is 11.5 Å². The van der Waals surface area contributed by atoms with E-state index in [1.807, 2.05) is 54.6 Å². The fourth-order valence-corrected chi connectivity index (χ4v) is 4.40. The highest BCUT2D eigenvalue weighted by molar-refractivity contribution is 7.91. The van der Waals surface area contributed by atoms with E-state index < -0.39 is 15.8 Å². The third-order valence-electron chi connectivity index (χ3n) is 4.01. The summed E-state index contributed by atoms with van der Waals surface area (Å²) in [6.45, 7) is 0. The standard InChI is InChI=1S/C18H18N2O3S/c21-18(17-10-11-24(22,23)13-17)20-19-12-14-6-8-16(9-7-14)15-4-2-1-3-5-15/h1-9,12,17H,10-11,13H2,(H,20,21)/b19-12-/t17-/m1/s1. The monoisotopic (exact) mass is 342 g/mol. The molecule has 0 aliphatic carbocycles. The van der Waals surface area contributed by atoms with Crippen molar-refractivity contribution in [1.82, 2.24) is 5.43 Å². The Bertz CT molecular complexity index is 844. The van der Waals surface area contributed by atoms with Crippen LogP contribution in [0.4, 0.5) is 0 Å². The molecule has 1 atom stereocenters. The molecule has 1 fully saturated rings. The molecule has 1 saturated heterocycles. The van der Waals surface area contributed by atoms with Crippen LogP contribution >= 0.6 is 0 Å². The molecule has 0 saturated carbocycles. The first-order valence-corrected chi connectivity index (χ1v) is 9.54. The fourth-order valence-electron chi connectivity index (χ4n) is 2.66. The lowest BCUT2D eigenvalue weighted by Crippen LogP contribution is -2.27. The van der Waals surface area contributed by atoms with Crippen LogP contribution in [0.3, 0.4) is 0 Å². The van der Waals surface area contributed by atoms with Crippen molar-refractivity contribution >= 4 is 22.0 Å². The minimum absolute atomic E-state index is 0.0791. The second-order valence-electron chi connectivity index (χ2n) is 5.82. The van der Waals surface area contributed by atoms with Gasteiger partial charge in [-0.05, 0) is 23.1 Å². The minimum Gasteiger partial charge on any atom is -0.273 e. The number of rotatable bonds is 4. The molecule has 6 heteroatoms. The predicted molar refractivity (Wildman–Crippen MR) is 94.4 cm³/mol. The molecule has 124 valence electrons. The molecule has 0 bridgehead atoms. The zero-order valence-electron chi connectivity index (χ0n) is 13.1. The number of sulfone groups is 1. The maximum atomic E-state index is 11.9. The topological polar surface area (TPSA) is 75.6 Å². The molecule has 24 heavy (non-hydrogen) atoms. The minimum atomic E-state index is -3.06. The van der Waals surface area contributed by atoms with Gasteiger partial charge in [-0.3, -0.25) is 4.79 Å². The number of carbonyl (C=O) groups excluding carboxylic acids is 1. The maximum Gasteiger partial charge on any atom is 0.244 e. The van der Waals surface area contributed by atoms with Gasteiger partial charge in [0, 0.05) is 0 Å². The summed E-state index contributed by atoms with van der Waals surface area (Å²) in [4.78, 5) is 11.9. The molecular weight excluding hydrogens is 324 g/mol. The van der Waals surface area contributed by atoms with E-state index in [1.54, 1.807) is 6.21 Å². The van der Waals surface area contributed by atoms with Crippen LogP contribution in [0, 0.1) is 5.92 Å². The van der Waals surface area contributed by atoms with Crippen molar-refractivity contribution in [3.05, 3.63) is 60.2 Å². The van der Waals surface area contributed by atoms with E-state index in [0.717, 1.165) is 16.7 Å². The number of amides is 1. The first-order chi connectivity index (χ1) is 11.5. The van der Waals surface area contributed by atoms with E-state index in [1.165, 1.54) is 0 Å². The average molecular weight is 342 g/mol. The third-order valence-corrected chi connectivity index (χ3v) is 5.78. The molecule has 3 rings (SSSR count). The number of hydrogen-bond donors (Lipinski definition) is 1. The van der Waals surface area contributed by atoms with Gasteiger partial charge in [-0.25, -0.2) is 13.8 Å². The van der Waals surface area contributed by atoms with Crippen LogP contribution in [0.5, 0.6) is 0 Å². The Balaban J connectivity index is 1.58. The van der Waals surface area contributed by atoms with Crippen LogP contribution < -0.4 is 5.43 Å². The Kier molecular flexibility index (Phi) is 4.76. The molecule has 1 amide bonds. The largest absolute Gasteiger partial charge is 0.273 e. The number of nitrogens with one attached hydrogen (secondary N) is 1. The molecule has 1 aliphatic heterocycles. The highest BCUT2D eigenvalue weighted by Gasteiger charge is 2.32. The zero-order chi connectivity index (χ0) is 17.0. The Morgan fingerprint density at radius 3 is 2.33 bits per heavy atom. The van der Waals surface area contributed by atoms with Crippen molar-refractivity contribution in [3.63, 3.8) is 0 Å². The quantitative estimate of drug-likeness (QED) is 0.684. The van der Waals surface area contributed by atoms with Crippen LogP contribution in [0.2, 0.25) is 0 Å². The Morgan fingerprint density at radius 2 is 1.71 bits per heavy atom. The van der Waals surface area contributed by atoms with Gasteiger partial charge in [0.05, 0.1) is 23.6 Å². The summed E-state index contributed by atoms with van der Waals surface area (Å²) in [6, 6.07) is 17.8. The molecule has 1 N–H and O–H groups in total. The fraction of sp³-hybridized carbons (Fsp3) is 0.222. The molecule has 0 aromatic heterocycles. The van der Waals surface area contributed by atoms with Gasteiger partial charge >= 0.3 is 0 Å². The molecule has 2 aromatic carbocycles. The summed E-state index contributed by atoms with van der Waals surface area (Å²) in [5.74, 6) is -0.837. The van der Waals surface area contributed by atoms with E-state index in [4.69, 9.17) is 0 Å².